The minimum Gasteiger partial charge on any atom is -0.478 e. The highest BCUT2D eigenvalue weighted by Gasteiger charge is 2.15. The van der Waals surface area contributed by atoms with E-state index < -0.39 is 11.8 Å². The normalized spacial score (nSPS) is 10.3. The molecular weight excluding hydrogens is 317 g/mol. The van der Waals surface area contributed by atoms with Crippen molar-refractivity contribution in [2.24, 2.45) is 0 Å². The third-order valence-electron chi connectivity index (χ3n) is 2.32. The first kappa shape index (κ1) is 13.5. The quantitative estimate of drug-likeness (QED) is 0.932. The summed E-state index contributed by atoms with van der Waals surface area (Å²) in [5, 5.41) is 9.00. The average molecular weight is 326 g/mol. The number of hydrogen-bond acceptors (Lipinski definition) is 3. The van der Waals surface area contributed by atoms with E-state index in [2.05, 4.69) is 20.9 Å². The van der Waals surface area contributed by atoms with Crippen LogP contribution in [0.25, 0.3) is 0 Å². The molecule has 0 atom stereocenters. The molecule has 19 heavy (non-hydrogen) atoms. The van der Waals surface area contributed by atoms with Gasteiger partial charge in [0.05, 0.1) is 4.47 Å². The maximum Gasteiger partial charge on any atom is 0.339 e. The van der Waals surface area contributed by atoms with Crippen molar-refractivity contribution in [1.82, 2.24) is 4.98 Å². The largest absolute Gasteiger partial charge is 0.478 e. The molecule has 0 amide bonds. The number of nitrogens with zero attached hydrogens (tertiary/aromatic N) is 1. The van der Waals surface area contributed by atoms with Gasteiger partial charge in [0.15, 0.2) is 0 Å². The van der Waals surface area contributed by atoms with Gasteiger partial charge in [-0.25, -0.2) is 14.2 Å². The monoisotopic (exact) mass is 325 g/mol. The number of benzene rings is 1. The number of hydrogen-bond donors (Lipinski definition) is 1. The molecule has 98 valence electrons. The topological polar surface area (TPSA) is 59.4 Å². The summed E-state index contributed by atoms with van der Waals surface area (Å²) >= 11 is 3.27. The van der Waals surface area contributed by atoms with Crippen molar-refractivity contribution in [3.8, 4) is 11.6 Å². The van der Waals surface area contributed by atoms with Gasteiger partial charge in [-0.05, 0) is 52.7 Å². The van der Waals surface area contributed by atoms with Crippen molar-refractivity contribution in [2.45, 2.75) is 6.92 Å². The van der Waals surface area contributed by atoms with Crippen molar-refractivity contribution >= 4 is 21.9 Å². The maximum absolute atomic E-state index is 13.0. The average Bonchev–Trinajstić information content (AvgIpc) is 2.34. The summed E-state index contributed by atoms with van der Waals surface area (Å²) in [7, 11) is 0. The molecule has 0 saturated carbocycles. The van der Waals surface area contributed by atoms with Crippen LogP contribution in [0.3, 0.4) is 0 Å². The highest BCUT2D eigenvalue weighted by Crippen LogP contribution is 2.30. The Balaban J connectivity index is 2.40. The van der Waals surface area contributed by atoms with Crippen LogP contribution in [-0.2, 0) is 0 Å². The van der Waals surface area contributed by atoms with Gasteiger partial charge in [0.1, 0.15) is 17.1 Å². The molecule has 0 unspecified atom stereocenters. The third kappa shape index (κ3) is 3.08. The fourth-order valence-corrected chi connectivity index (χ4v) is 2.00. The summed E-state index contributed by atoms with van der Waals surface area (Å²) in [6.07, 6.45) is 1.59. The van der Waals surface area contributed by atoms with Crippen molar-refractivity contribution in [3.05, 3.63) is 51.9 Å². The molecule has 6 heteroatoms. The molecule has 2 aromatic rings. The lowest BCUT2D eigenvalue weighted by Crippen LogP contribution is -2.01. The van der Waals surface area contributed by atoms with Crippen molar-refractivity contribution in [2.75, 3.05) is 0 Å². The van der Waals surface area contributed by atoms with Crippen molar-refractivity contribution < 1.29 is 19.0 Å². The summed E-state index contributed by atoms with van der Waals surface area (Å²) < 4.78 is 19.0. The van der Waals surface area contributed by atoms with Crippen LogP contribution >= 0.6 is 15.9 Å². The number of carbonyl (C=O) groups is 1. The van der Waals surface area contributed by atoms with E-state index in [4.69, 9.17) is 9.84 Å². The van der Waals surface area contributed by atoms with Gasteiger partial charge >= 0.3 is 5.97 Å². The lowest BCUT2D eigenvalue weighted by atomic mass is 10.2. The molecule has 1 heterocycles. The number of ether oxygens (including phenoxy) is 1. The van der Waals surface area contributed by atoms with Crippen LogP contribution in [0.5, 0.6) is 11.6 Å². The van der Waals surface area contributed by atoms with E-state index in [9.17, 15) is 9.18 Å². The van der Waals surface area contributed by atoms with E-state index in [0.29, 0.717) is 4.47 Å². The molecule has 0 aliphatic heterocycles. The number of aromatic nitrogens is 1. The maximum atomic E-state index is 13.0. The van der Waals surface area contributed by atoms with Crippen LogP contribution in [0.4, 0.5) is 4.39 Å². The number of pyridine rings is 1. The Bertz CT molecular complexity index is 646. The van der Waals surface area contributed by atoms with E-state index in [1.54, 1.807) is 12.3 Å². The second kappa shape index (κ2) is 5.36. The Hall–Kier alpha value is -1.95. The van der Waals surface area contributed by atoms with E-state index >= 15 is 0 Å². The standard InChI is InChI=1S/C13H9BrFNO3/c1-7-4-10(14)12(16-6-7)19-11-3-2-8(15)5-9(11)13(17)18/h2-6H,1H3,(H,17,18). The van der Waals surface area contributed by atoms with Crippen LogP contribution < -0.4 is 4.74 Å². The molecule has 0 aliphatic rings. The first-order valence-corrected chi connectivity index (χ1v) is 6.09. The molecule has 4 nitrogen and oxygen atoms in total. The lowest BCUT2D eigenvalue weighted by Gasteiger charge is -2.09. The van der Waals surface area contributed by atoms with E-state index in [1.165, 1.54) is 6.07 Å². The zero-order valence-corrected chi connectivity index (χ0v) is 11.4. The van der Waals surface area contributed by atoms with Gasteiger partial charge in [0, 0.05) is 6.20 Å². The molecule has 0 spiro atoms. The van der Waals surface area contributed by atoms with Crippen LogP contribution in [0.1, 0.15) is 15.9 Å². The van der Waals surface area contributed by atoms with Crippen LogP contribution in [-0.4, -0.2) is 16.1 Å². The first-order valence-electron chi connectivity index (χ1n) is 5.30. The summed E-state index contributed by atoms with van der Waals surface area (Å²) in [6.45, 7) is 1.86. The molecule has 0 bridgehead atoms. The minimum absolute atomic E-state index is 0.0333. The second-order valence-electron chi connectivity index (χ2n) is 3.85. The number of carboxylic acid groups (broad SMARTS) is 1. The van der Waals surface area contributed by atoms with Gasteiger partial charge in [0.2, 0.25) is 5.88 Å². The first-order chi connectivity index (χ1) is 8.97. The Morgan fingerprint density at radius 1 is 1.42 bits per heavy atom. The Kier molecular flexibility index (Phi) is 3.80. The molecule has 2 rings (SSSR count). The van der Waals surface area contributed by atoms with Crippen molar-refractivity contribution in [1.29, 1.82) is 0 Å². The fraction of sp³-hybridized carbons (Fsp3) is 0.0769. The van der Waals surface area contributed by atoms with Gasteiger partial charge in [0.25, 0.3) is 0 Å². The smallest absolute Gasteiger partial charge is 0.339 e. The van der Waals surface area contributed by atoms with E-state index in [-0.39, 0.29) is 17.2 Å². The predicted octanol–water partition coefficient (Wildman–Crippen LogP) is 3.78. The highest BCUT2D eigenvalue weighted by molar-refractivity contribution is 9.10. The summed E-state index contributed by atoms with van der Waals surface area (Å²) in [6, 6.07) is 5.07. The Labute approximate surface area is 117 Å². The molecule has 1 N–H and O–H groups in total. The van der Waals surface area contributed by atoms with Gasteiger partial charge in [-0.3, -0.25) is 0 Å². The SMILES string of the molecule is Cc1cnc(Oc2ccc(F)cc2C(=O)O)c(Br)c1. The van der Waals surface area contributed by atoms with Gasteiger partial charge in [-0.2, -0.15) is 0 Å². The zero-order chi connectivity index (χ0) is 14.0. The molecule has 0 radical (unpaired) electrons. The number of carboxylic acids is 1. The summed E-state index contributed by atoms with van der Waals surface area (Å²) in [4.78, 5) is 15.1. The molecular formula is C13H9BrFNO3. The molecule has 1 aromatic heterocycles. The number of aromatic carboxylic acids is 1. The third-order valence-corrected chi connectivity index (χ3v) is 2.89. The van der Waals surface area contributed by atoms with Gasteiger partial charge in [-0.1, -0.05) is 0 Å². The number of aryl methyl sites for hydroxylation is 1. The summed E-state index contributed by atoms with van der Waals surface area (Å²) in [5.41, 5.74) is 0.672. The van der Waals surface area contributed by atoms with E-state index in [1.807, 2.05) is 6.92 Å². The summed E-state index contributed by atoms with van der Waals surface area (Å²) in [5.74, 6) is -1.65. The molecule has 0 saturated heterocycles. The minimum atomic E-state index is -1.27. The van der Waals surface area contributed by atoms with Gasteiger partial charge in [-0.15, -0.1) is 0 Å². The predicted molar refractivity (Wildman–Crippen MR) is 70.1 cm³/mol. The van der Waals surface area contributed by atoms with E-state index in [0.717, 1.165) is 17.7 Å². The second-order valence-corrected chi connectivity index (χ2v) is 4.70. The van der Waals surface area contributed by atoms with Crippen LogP contribution in [0.15, 0.2) is 34.9 Å². The Morgan fingerprint density at radius 3 is 2.79 bits per heavy atom. The lowest BCUT2D eigenvalue weighted by molar-refractivity contribution is 0.0693. The Morgan fingerprint density at radius 2 is 2.16 bits per heavy atom. The zero-order valence-electron chi connectivity index (χ0n) is 9.85. The number of halogens is 2. The van der Waals surface area contributed by atoms with Crippen LogP contribution in [0.2, 0.25) is 0 Å². The van der Waals surface area contributed by atoms with Crippen LogP contribution in [0, 0.1) is 12.7 Å². The number of rotatable bonds is 3. The highest BCUT2D eigenvalue weighted by atomic mass is 79.9. The molecule has 1 aromatic carbocycles. The molecule has 0 aliphatic carbocycles. The van der Waals surface area contributed by atoms with Crippen molar-refractivity contribution in [3.63, 3.8) is 0 Å². The molecule has 0 fully saturated rings. The fourth-order valence-electron chi connectivity index (χ4n) is 1.46. The van der Waals surface area contributed by atoms with Gasteiger partial charge < -0.3 is 9.84 Å².